The van der Waals surface area contributed by atoms with E-state index in [1.54, 1.807) is 12.3 Å². The number of hydrogen-bond acceptors (Lipinski definition) is 2. The number of benzene rings is 1. The third-order valence-corrected chi connectivity index (χ3v) is 3.08. The van der Waals surface area contributed by atoms with Crippen molar-refractivity contribution in [2.24, 2.45) is 0 Å². The van der Waals surface area contributed by atoms with Crippen LogP contribution in [0.5, 0.6) is 0 Å². The molecule has 1 aromatic carbocycles. The van der Waals surface area contributed by atoms with Crippen LogP contribution in [0, 0.1) is 19.7 Å². The second-order valence-electron chi connectivity index (χ2n) is 4.48. The van der Waals surface area contributed by atoms with E-state index in [2.05, 4.69) is 17.2 Å². The van der Waals surface area contributed by atoms with Crippen molar-refractivity contribution in [3.8, 4) is 0 Å². The highest BCUT2D eigenvalue weighted by Crippen LogP contribution is 2.10. The third kappa shape index (κ3) is 3.14. The van der Waals surface area contributed by atoms with Gasteiger partial charge in [0.1, 0.15) is 5.82 Å². The smallest absolute Gasteiger partial charge is 0.123 e. The summed E-state index contributed by atoms with van der Waals surface area (Å²) in [6.45, 7) is 5.51. The van der Waals surface area contributed by atoms with Crippen LogP contribution in [0.15, 0.2) is 36.7 Å². The predicted molar refractivity (Wildman–Crippen MR) is 70.7 cm³/mol. The van der Waals surface area contributed by atoms with E-state index in [-0.39, 0.29) is 5.82 Å². The number of rotatable bonds is 4. The molecule has 1 aromatic heterocycles. The summed E-state index contributed by atoms with van der Waals surface area (Å²) in [4.78, 5) is 4.11. The first-order valence-corrected chi connectivity index (χ1v) is 6.02. The lowest BCUT2D eigenvalue weighted by molar-refractivity contribution is 0.622. The first-order chi connectivity index (χ1) is 8.66. The van der Waals surface area contributed by atoms with Crippen LogP contribution in [0.1, 0.15) is 22.3 Å². The zero-order chi connectivity index (χ0) is 13.0. The molecule has 0 atom stereocenters. The number of nitrogens with zero attached hydrogens (tertiary/aromatic N) is 1. The molecule has 1 N–H and O–H groups in total. The lowest BCUT2D eigenvalue weighted by Crippen LogP contribution is -2.14. The molecule has 1 heterocycles. The molecule has 3 heteroatoms. The van der Waals surface area contributed by atoms with Gasteiger partial charge in [-0.25, -0.2) is 4.39 Å². The standard InChI is InChI=1S/C15H17FN2/c1-11-5-6-17-9-14(11)10-18-8-13-3-4-15(16)7-12(13)2/h3-7,9,18H,8,10H2,1-2H3. The maximum absolute atomic E-state index is 13.0. The molecule has 0 unspecified atom stereocenters. The molecule has 2 aromatic rings. The molecule has 0 fully saturated rings. The quantitative estimate of drug-likeness (QED) is 0.893. The fraction of sp³-hybridized carbons (Fsp3) is 0.267. The Morgan fingerprint density at radius 3 is 2.56 bits per heavy atom. The van der Waals surface area contributed by atoms with E-state index in [4.69, 9.17) is 0 Å². The summed E-state index contributed by atoms with van der Waals surface area (Å²) in [5.74, 6) is -0.181. The molecule has 0 aliphatic rings. The number of hydrogen-bond donors (Lipinski definition) is 1. The van der Waals surface area contributed by atoms with Gasteiger partial charge in [-0.3, -0.25) is 4.98 Å². The van der Waals surface area contributed by atoms with Crippen LogP contribution in [-0.2, 0) is 13.1 Å². The fourth-order valence-corrected chi connectivity index (χ4v) is 1.87. The maximum Gasteiger partial charge on any atom is 0.123 e. The fourth-order valence-electron chi connectivity index (χ4n) is 1.87. The van der Waals surface area contributed by atoms with Crippen LogP contribution in [-0.4, -0.2) is 4.98 Å². The van der Waals surface area contributed by atoms with Gasteiger partial charge in [0, 0.05) is 25.5 Å². The van der Waals surface area contributed by atoms with E-state index in [0.29, 0.717) is 0 Å². The molecule has 2 rings (SSSR count). The van der Waals surface area contributed by atoms with E-state index in [1.165, 1.54) is 17.2 Å². The van der Waals surface area contributed by atoms with E-state index in [9.17, 15) is 4.39 Å². The second-order valence-corrected chi connectivity index (χ2v) is 4.48. The zero-order valence-electron chi connectivity index (χ0n) is 10.7. The Balaban J connectivity index is 1.95. The van der Waals surface area contributed by atoms with Crippen molar-refractivity contribution in [1.82, 2.24) is 10.3 Å². The number of pyridine rings is 1. The van der Waals surface area contributed by atoms with Gasteiger partial charge >= 0.3 is 0 Å². The Kier molecular flexibility index (Phi) is 4.05. The highest BCUT2D eigenvalue weighted by atomic mass is 19.1. The molecule has 94 valence electrons. The van der Waals surface area contributed by atoms with Crippen molar-refractivity contribution >= 4 is 0 Å². The van der Waals surface area contributed by atoms with Gasteiger partial charge in [0.15, 0.2) is 0 Å². The van der Waals surface area contributed by atoms with Gasteiger partial charge in [0.05, 0.1) is 0 Å². The average Bonchev–Trinajstić information content (AvgIpc) is 2.34. The first kappa shape index (κ1) is 12.7. The molecular weight excluding hydrogens is 227 g/mol. The van der Waals surface area contributed by atoms with Gasteiger partial charge in [-0.1, -0.05) is 6.07 Å². The van der Waals surface area contributed by atoms with Gasteiger partial charge in [0.2, 0.25) is 0 Å². The highest BCUT2D eigenvalue weighted by molar-refractivity contribution is 5.27. The van der Waals surface area contributed by atoms with E-state index < -0.39 is 0 Å². The van der Waals surface area contributed by atoms with Crippen LogP contribution in [0.25, 0.3) is 0 Å². The van der Waals surface area contributed by atoms with Crippen molar-refractivity contribution in [3.63, 3.8) is 0 Å². The molecule has 0 radical (unpaired) electrons. The average molecular weight is 244 g/mol. The SMILES string of the molecule is Cc1cc(F)ccc1CNCc1cnccc1C. The first-order valence-electron chi connectivity index (χ1n) is 6.02. The topological polar surface area (TPSA) is 24.9 Å². The molecular formula is C15H17FN2. The lowest BCUT2D eigenvalue weighted by Gasteiger charge is -2.09. The Morgan fingerprint density at radius 1 is 1.06 bits per heavy atom. The summed E-state index contributed by atoms with van der Waals surface area (Å²) < 4.78 is 13.0. The summed E-state index contributed by atoms with van der Waals surface area (Å²) in [6, 6.07) is 6.89. The second kappa shape index (κ2) is 5.74. The molecule has 2 nitrogen and oxygen atoms in total. The van der Waals surface area contributed by atoms with Gasteiger partial charge in [-0.15, -0.1) is 0 Å². The minimum Gasteiger partial charge on any atom is -0.309 e. The lowest BCUT2D eigenvalue weighted by atomic mass is 10.1. The Hall–Kier alpha value is -1.74. The van der Waals surface area contributed by atoms with Crippen molar-refractivity contribution in [1.29, 1.82) is 0 Å². The highest BCUT2D eigenvalue weighted by Gasteiger charge is 2.01. The summed E-state index contributed by atoms with van der Waals surface area (Å²) >= 11 is 0. The zero-order valence-corrected chi connectivity index (χ0v) is 10.7. The number of aromatic nitrogens is 1. The summed E-state index contributed by atoms with van der Waals surface area (Å²) in [7, 11) is 0. The number of aryl methyl sites for hydroxylation is 2. The molecule has 0 amide bonds. The minimum atomic E-state index is -0.181. The predicted octanol–water partition coefficient (Wildman–Crippen LogP) is 3.13. The van der Waals surface area contributed by atoms with Crippen molar-refractivity contribution in [2.75, 3.05) is 0 Å². The summed E-state index contributed by atoms with van der Waals surface area (Å²) in [5.41, 5.74) is 4.52. The largest absolute Gasteiger partial charge is 0.309 e. The maximum atomic E-state index is 13.0. The number of nitrogens with one attached hydrogen (secondary N) is 1. The Morgan fingerprint density at radius 2 is 1.83 bits per heavy atom. The van der Waals surface area contributed by atoms with Gasteiger partial charge < -0.3 is 5.32 Å². The van der Waals surface area contributed by atoms with Crippen LogP contribution in [0.4, 0.5) is 4.39 Å². The number of halogens is 1. The van der Waals surface area contributed by atoms with Crippen LogP contribution >= 0.6 is 0 Å². The molecule has 0 aliphatic heterocycles. The van der Waals surface area contributed by atoms with E-state index >= 15 is 0 Å². The summed E-state index contributed by atoms with van der Waals surface area (Å²) in [6.07, 6.45) is 3.67. The molecule has 0 spiro atoms. The third-order valence-electron chi connectivity index (χ3n) is 3.08. The van der Waals surface area contributed by atoms with Gasteiger partial charge in [-0.05, 0) is 54.3 Å². The molecule has 0 saturated heterocycles. The molecule has 18 heavy (non-hydrogen) atoms. The van der Waals surface area contributed by atoms with Crippen molar-refractivity contribution in [2.45, 2.75) is 26.9 Å². The molecule has 0 saturated carbocycles. The molecule has 0 aliphatic carbocycles. The Labute approximate surface area is 107 Å². The van der Waals surface area contributed by atoms with Gasteiger partial charge in [-0.2, -0.15) is 0 Å². The Bertz CT molecular complexity index is 538. The minimum absolute atomic E-state index is 0.181. The molecule has 0 bridgehead atoms. The van der Waals surface area contributed by atoms with Gasteiger partial charge in [0.25, 0.3) is 0 Å². The summed E-state index contributed by atoms with van der Waals surface area (Å²) in [5, 5.41) is 3.36. The van der Waals surface area contributed by atoms with E-state index in [0.717, 1.165) is 24.2 Å². The van der Waals surface area contributed by atoms with Crippen LogP contribution in [0.2, 0.25) is 0 Å². The van der Waals surface area contributed by atoms with Crippen LogP contribution in [0.3, 0.4) is 0 Å². The van der Waals surface area contributed by atoms with Crippen molar-refractivity contribution < 1.29 is 4.39 Å². The van der Waals surface area contributed by atoms with E-state index in [1.807, 2.05) is 25.3 Å². The van der Waals surface area contributed by atoms with Crippen LogP contribution < -0.4 is 5.32 Å². The van der Waals surface area contributed by atoms with Crippen molar-refractivity contribution in [3.05, 3.63) is 64.7 Å². The monoisotopic (exact) mass is 244 g/mol. The normalized spacial score (nSPS) is 10.6.